The van der Waals surface area contributed by atoms with E-state index in [-0.39, 0.29) is 5.92 Å². The minimum atomic E-state index is -0.00716. The largest absolute Gasteiger partial charge is 0.244 e. The molecular weight excluding hydrogens is 196 g/mol. The number of nitriles is 1. The van der Waals surface area contributed by atoms with Gasteiger partial charge < -0.3 is 0 Å². The minimum absolute atomic E-state index is 0.00716. The van der Waals surface area contributed by atoms with E-state index in [2.05, 4.69) is 11.1 Å². The van der Waals surface area contributed by atoms with E-state index in [1.165, 1.54) is 12.8 Å². The lowest BCUT2D eigenvalue weighted by Crippen LogP contribution is -1.97. The molecule has 1 aliphatic rings. The molecule has 3 heteroatoms. The van der Waals surface area contributed by atoms with Crippen LogP contribution in [0.3, 0.4) is 0 Å². The summed E-state index contributed by atoms with van der Waals surface area (Å²) in [4.78, 5) is 3.99. The molecule has 2 nitrogen and oxygen atoms in total. The number of halogens is 1. The van der Waals surface area contributed by atoms with Gasteiger partial charge in [-0.1, -0.05) is 30.5 Å². The van der Waals surface area contributed by atoms with Gasteiger partial charge in [0.05, 0.1) is 12.0 Å². The molecule has 0 saturated heterocycles. The molecule has 1 fully saturated rings. The Morgan fingerprint density at radius 2 is 2.36 bits per heavy atom. The average Bonchev–Trinajstić information content (AvgIpc) is 3.00. The SMILES string of the molecule is N#C[C@H](CC1CC1)c1ccc(Cl)nc1. The summed E-state index contributed by atoms with van der Waals surface area (Å²) in [5.74, 6) is 0.752. The van der Waals surface area contributed by atoms with Gasteiger partial charge in [0.25, 0.3) is 0 Å². The average molecular weight is 207 g/mol. The van der Waals surface area contributed by atoms with Crippen LogP contribution in [0.5, 0.6) is 0 Å². The summed E-state index contributed by atoms with van der Waals surface area (Å²) in [6.07, 6.45) is 5.23. The van der Waals surface area contributed by atoms with E-state index in [1.54, 1.807) is 12.3 Å². The quantitative estimate of drug-likeness (QED) is 0.713. The Bertz CT molecular complexity index is 349. The first-order chi connectivity index (χ1) is 6.79. The molecule has 0 unspecified atom stereocenters. The van der Waals surface area contributed by atoms with Crippen LogP contribution in [0, 0.1) is 17.2 Å². The van der Waals surface area contributed by atoms with Crippen LogP contribution in [0.2, 0.25) is 5.15 Å². The summed E-state index contributed by atoms with van der Waals surface area (Å²) in [6, 6.07) is 5.96. The number of hydrogen-bond donors (Lipinski definition) is 0. The van der Waals surface area contributed by atoms with E-state index < -0.39 is 0 Å². The van der Waals surface area contributed by atoms with Crippen molar-refractivity contribution < 1.29 is 0 Å². The van der Waals surface area contributed by atoms with Crippen molar-refractivity contribution in [1.82, 2.24) is 4.98 Å². The Kier molecular flexibility index (Phi) is 2.69. The van der Waals surface area contributed by atoms with E-state index in [9.17, 15) is 0 Å². The molecule has 1 aliphatic carbocycles. The number of hydrogen-bond acceptors (Lipinski definition) is 2. The van der Waals surface area contributed by atoms with Crippen molar-refractivity contribution in [3.8, 4) is 6.07 Å². The molecule has 0 amide bonds. The van der Waals surface area contributed by atoms with Crippen molar-refractivity contribution in [2.45, 2.75) is 25.2 Å². The molecule has 14 heavy (non-hydrogen) atoms. The molecule has 1 aromatic rings. The normalized spacial score (nSPS) is 17.4. The molecule has 1 aromatic heterocycles. The third kappa shape index (κ3) is 2.24. The maximum absolute atomic E-state index is 9.01. The first-order valence-corrected chi connectivity index (χ1v) is 5.18. The second-order valence-corrected chi connectivity index (χ2v) is 4.16. The van der Waals surface area contributed by atoms with E-state index in [4.69, 9.17) is 16.9 Å². The highest BCUT2D eigenvalue weighted by atomic mass is 35.5. The van der Waals surface area contributed by atoms with Gasteiger partial charge in [0.15, 0.2) is 0 Å². The van der Waals surface area contributed by atoms with Gasteiger partial charge in [0.1, 0.15) is 5.15 Å². The van der Waals surface area contributed by atoms with Gasteiger partial charge in [0.2, 0.25) is 0 Å². The second-order valence-electron chi connectivity index (χ2n) is 3.78. The number of pyridine rings is 1. The molecule has 0 bridgehead atoms. The van der Waals surface area contributed by atoms with Gasteiger partial charge in [-0.3, -0.25) is 0 Å². The maximum Gasteiger partial charge on any atom is 0.129 e. The Balaban J connectivity index is 2.10. The molecule has 0 aliphatic heterocycles. The summed E-state index contributed by atoms with van der Waals surface area (Å²) in [7, 11) is 0. The number of nitrogens with zero attached hydrogens (tertiary/aromatic N) is 2. The van der Waals surface area contributed by atoms with E-state index in [1.807, 2.05) is 6.07 Å². The fraction of sp³-hybridized carbons (Fsp3) is 0.455. The van der Waals surface area contributed by atoms with Crippen LogP contribution in [0.15, 0.2) is 18.3 Å². The van der Waals surface area contributed by atoms with Crippen molar-refractivity contribution in [2.24, 2.45) is 5.92 Å². The fourth-order valence-corrected chi connectivity index (χ4v) is 1.66. The standard InChI is InChI=1S/C11H11ClN2/c12-11-4-3-9(7-14-11)10(6-13)5-8-1-2-8/h3-4,7-8,10H,1-2,5H2/t10-/m0/s1. The van der Waals surface area contributed by atoms with Gasteiger partial charge in [0, 0.05) is 6.20 Å². The van der Waals surface area contributed by atoms with Gasteiger partial charge in [-0.05, 0) is 24.0 Å². The third-order valence-corrected chi connectivity index (χ3v) is 2.80. The molecular formula is C11H11ClN2. The van der Waals surface area contributed by atoms with E-state index in [0.717, 1.165) is 17.9 Å². The summed E-state index contributed by atoms with van der Waals surface area (Å²) in [5, 5.41) is 9.50. The van der Waals surface area contributed by atoms with Crippen molar-refractivity contribution in [3.05, 3.63) is 29.0 Å². The van der Waals surface area contributed by atoms with Crippen molar-refractivity contribution in [1.29, 1.82) is 5.26 Å². The van der Waals surface area contributed by atoms with Crippen molar-refractivity contribution in [2.75, 3.05) is 0 Å². The van der Waals surface area contributed by atoms with Gasteiger partial charge in [-0.25, -0.2) is 4.98 Å². The lowest BCUT2D eigenvalue weighted by Gasteiger charge is -2.07. The highest BCUT2D eigenvalue weighted by molar-refractivity contribution is 6.29. The number of rotatable bonds is 3. The minimum Gasteiger partial charge on any atom is -0.244 e. The molecule has 0 N–H and O–H groups in total. The highest BCUT2D eigenvalue weighted by Crippen LogP contribution is 2.38. The highest BCUT2D eigenvalue weighted by Gasteiger charge is 2.26. The Morgan fingerprint density at radius 1 is 1.57 bits per heavy atom. The molecule has 0 radical (unpaired) electrons. The molecule has 72 valence electrons. The van der Waals surface area contributed by atoms with Crippen LogP contribution in [0.1, 0.15) is 30.7 Å². The summed E-state index contributed by atoms with van der Waals surface area (Å²) in [6.45, 7) is 0. The Hall–Kier alpha value is -1.07. The van der Waals surface area contributed by atoms with Crippen molar-refractivity contribution >= 4 is 11.6 Å². The molecule has 1 atom stereocenters. The molecule has 0 aromatic carbocycles. The topological polar surface area (TPSA) is 36.7 Å². The molecule has 1 heterocycles. The zero-order chi connectivity index (χ0) is 9.97. The summed E-state index contributed by atoms with van der Waals surface area (Å²) in [5.41, 5.74) is 0.990. The van der Waals surface area contributed by atoms with E-state index in [0.29, 0.717) is 5.15 Å². The number of aromatic nitrogens is 1. The first kappa shape index (κ1) is 9.48. The van der Waals surface area contributed by atoms with Crippen LogP contribution in [0.4, 0.5) is 0 Å². The van der Waals surface area contributed by atoms with Gasteiger partial charge in [-0.15, -0.1) is 0 Å². The predicted octanol–water partition coefficient (Wildman–Crippen LogP) is 3.14. The van der Waals surface area contributed by atoms with Crippen molar-refractivity contribution in [3.63, 3.8) is 0 Å². The lowest BCUT2D eigenvalue weighted by molar-refractivity contribution is 0.669. The Morgan fingerprint density at radius 3 is 2.86 bits per heavy atom. The lowest BCUT2D eigenvalue weighted by atomic mass is 9.96. The summed E-state index contributed by atoms with van der Waals surface area (Å²) < 4.78 is 0. The van der Waals surface area contributed by atoms with Crippen LogP contribution >= 0.6 is 11.6 Å². The van der Waals surface area contributed by atoms with Crippen LogP contribution < -0.4 is 0 Å². The first-order valence-electron chi connectivity index (χ1n) is 4.80. The molecule has 0 spiro atoms. The van der Waals surface area contributed by atoms with E-state index >= 15 is 0 Å². The Labute approximate surface area is 88.5 Å². The van der Waals surface area contributed by atoms with Crippen LogP contribution in [0.25, 0.3) is 0 Å². The van der Waals surface area contributed by atoms with Crippen LogP contribution in [-0.2, 0) is 0 Å². The van der Waals surface area contributed by atoms with Crippen LogP contribution in [-0.4, -0.2) is 4.98 Å². The predicted molar refractivity (Wildman–Crippen MR) is 54.9 cm³/mol. The fourth-order valence-electron chi connectivity index (χ4n) is 1.54. The zero-order valence-electron chi connectivity index (χ0n) is 7.78. The van der Waals surface area contributed by atoms with Gasteiger partial charge >= 0.3 is 0 Å². The monoisotopic (exact) mass is 206 g/mol. The summed E-state index contributed by atoms with van der Waals surface area (Å²) >= 11 is 5.68. The molecule has 1 saturated carbocycles. The third-order valence-electron chi connectivity index (χ3n) is 2.57. The zero-order valence-corrected chi connectivity index (χ0v) is 8.54. The van der Waals surface area contributed by atoms with Gasteiger partial charge in [-0.2, -0.15) is 5.26 Å². The molecule has 2 rings (SSSR count). The second kappa shape index (κ2) is 3.98. The smallest absolute Gasteiger partial charge is 0.129 e. The maximum atomic E-state index is 9.01.